The van der Waals surface area contributed by atoms with Crippen LogP contribution in [0.3, 0.4) is 0 Å². The molecule has 0 unspecified atom stereocenters. The number of hydrogen-bond donors (Lipinski definition) is 0. The van der Waals surface area contributed by atoms with Crippen molar-refractivity contribution in [3.8, 4) is 0 Å². The van der Waals surface area contributed by atoms with Crippen LogP contribution in [0.1, 0.15) is 89.8 Å². The van der Waals surface area contributed by atoms with Crippen molar-refractivity contribution in [2.24, 2.45) is 0 Å². The van der Waals surface area contributed by atoms with E-state index in [4.69, 9.17) is 4.74 Å². The minimum atomic E-state index is -0.328. The number of carbonyl (C=O) groups excluding carboxylic acids is 2. The van der Waals surface area contributed by atoms with Crippen LogP contribution in [0.15, 0.2) is 48.5 Å². The average Bonchev–Trinajstić information content (AvgIpc) is 3.41. The van der Waals surface area contributed by atoms with Crippen molar-refractivity contribution >= 4 is 28.6 Å². The number of fused-ring (bicyclic) bond motifs is 3. The topological polar surface area (TPSA) is 103 Å². The summed E-state index contributed by atoms with van der Waals surface area (Å²) in [6, 6.07) is 15.6. The van der Waals surface area contributed by atoms with Crippen LogP contribution < -0.4 is 0 Å². The Morgan fingerprint density at radius 3 is 2.00 bits per heavy atom. The maximum Gasteiger partial charge on any atom is 0.303 e. The molecule has 4 rings (SSSR count). The monoisotopic (exact) mass is 550 g/mol. The highest BCUT2D eigenvalue weighted by atomic mass is 16.6. The molecule has 0 aliphatic heterocycles. The summed E-state index contributed by atoms with van der Waals surface area (Å²) in [4.78, 5) is 28.7. The van der Waals surface area contributed by atoms with Gasteiger partial charge in [-0.2, -0.15) is 4.52 Å². The second-order valence-electron chi connectivity index (χ2n) is 9.96. The minimum absolute atomic E-state index is 0.156. The van der Waals surface area contributed by atoms with Crippen molar-refractivity contribution in [2.75, 3.05) is 13.1 Å². The maximum absolute atomic E-state index is 12.2. The number of nitrogens with zero attached hydrogens (tertiary/aromatic N) is 6. The number of hydrogen-bond acceptors (Lipinski definition) is 7. The number of ether oxygens (including phenoxy) is 1. The van der Waals surface area contributed by atoms with Gasteiger partial charge in [0.25, 0.3) is 5.91 Å². The standard InChI is InChI=1S/C14H21NO.C9H7N5.C6H12O2.C2H6/c1-4-10-15(11-5-2)14(16)13-8-6-12(3)7-9-13;1-6-9-11-12-13-14(9)8-5-3-2-4-7(8)10-6;1-5(7)8-6(2,3)4;1-2/h6-9H,4-5,10-11H2,1-3H3;2-5H,1H3;1-4H3;1-2H3. The normalized spacial score (nSPS) is 10.3. The molecule has 0 atom stereocenters. The van der Waals surface area contributed by atoms with Crippen molar-refractivity contribution in [1.82, 2.24) is 29.9 Å². The first-order chi connectivity index (χ1) is 19.0. The summed E-state index contributed by atoms with van der Waals surface area (Å²) in [5.74, 6) is -0.0683. The van der Waals surface area contributed by atoms with Gasteiger partial charge < -0.3 is 9.64 Å². The first-order valence-electron chi connectivity index (χ1n) is 14.0. The SMILES string of the molecule is CC.CC(=O)OC(C)(C)C.CCCN(CCC)C(=O)c1ccc(C)cc1.Cc1nc2ccccc2n2nnnc12. The van der Waals surface area contributed by atoms with Crippen LogP contribution >= 0.6 is 0 Å². The zero-order valence-corrected chi connectivity index (χ0v) is 25.9. The molecule has 9 heteroatoms. The molecule has 4 aromatic rings. The fraction of sp³-hybridized carbons (Fsp3) is 0.484. The third-order valence-corrected chi connectivity index (χ3v) is 5.21. The number of aromatic nitrogens is 5. The lowest BCUT2D eigenvalue weighted by molar-refractivity contribution is -0.151. The largest absolute Gasteiger partial charge is 0.460 e. The van der Waals surface area contributed by atoms with E-state index in [0.717, 1.165) is 48.2 Å². The van der Waals surface area contributed by atoms with Crippen LogP contribution in [0, 0.1) is 13.8 Å². The summed E-state index contributed by atoms with van der Waals surface area (Å²) in [6.07, 6.45) is 2.02. The molecule has 0 radical (unpaired) electrons. The summed E-state index contributed by atoms with van der Waals surface area (Å²) in [5.41, 5.74) is 5.05. The lowest BCUT2D eigenvalue weighted by Crippen LogP contribution is -2.32. The summed E-state index contributed by atoms with van der Waals surface area (Å²) >= 11 is 0. The number of esters is 1. The van der Waals surface area contributed by atoms with Gasteiger partial charge >= 0.3 is 5.97 Å². The Hall–Kier alpha value is -3.88. The average molecular weight is 551 g/mol. The second kappa shape index (κ2) is 16.9. The highest BCUT2D eigenvalue weighted by Gasteiger charge is 2.13. The molecule has 2 aromatic heterocycles. The number of tetrazole rings is 1. The number of para-hydroxylation sites is 2. The molecule has 0 spiro atoms. The number of amides is 1. The predicted molar refractivity (Wildman–Crippen MR) is 161 cm³/mol. The van der Waals surface area contributed by atoms with Gasteiger partial charge in [0, 0.05) is 25.6 Å². The zero-order valence-electron chi connectivity index (χ0n) is 25.9. The van der Waals surface area contributed by atoms with E-state index in [-0.39, 0.29) is 17.5 Å². The Balaban J connectivity index is 0.000000305. The van der Waals surface area contributed by atoms with Gasteiger partial charge in [-0.15, -0.1) is 5.10 Å². The van der Waals surface area contributed by atoms with Crippen molar-refractivity contribution in [2.45, 2.75) is 87.7 Å². The summed E-state index contributed by atoms with van der Waals surface area (Å²) in [5, 5.41) is 11.5. The Morgan fingerprint density at radius 2 is 1.50 bits per heavy atom. The zero-order chi connectivity index (χ0) is 30.3. The molecule has 9 nitrogen and oxygen atoms in total. The maximum atomic E-state index is 12.2. The molecule has 1 amide bonds. The molecule has 2 heterocycles. The molecular weight excluding hydrogens is 504 g/mol. The van der Waals surface area contributed by atoms with Crippen LogP contribution in [-0.4, -0.2) is 60.5 Å². The van der Waals surface area contributed by atoms with Crippen molar-refractivity contribution in [1.29, 1.82) is 0 Å². The van der Waals surface area contributed by atoms with E-state index in [1.165, 1.54) is 12.5 Å². The summed E-state index contributed by atoms with van der Waals surface area (Å²) < 4.78 is 6.50. The Morgan fingerprint density at radius 1 is 0.925 bits per heavy atom. The van der Waals surface area contributed by atoms with Gasteiger partial charge in [0.2, 0.25) is 5.65 Å². The second-order valence-corrected chi connectivity index (χ2v) is 9.96. The first-order valence-corrected chi connectivity index (χ1v) is 14.0. The molecule has 2 aromatic carbocycles. The third-order valence-electron chi connectivity index (χ3n) is 5.21. The number of carbonyl (C=O) groups is 2. The van der Waals surface area contributed by atoms with Crippen LogP contribution in [0.25, 0.3) is 16.7 Å². The van der Waals surface area contributed by atoms with E-state index < -0.39 is 0 Å². The number of aryl methyl sites for hydroxylation is 2. The van der Waals surface area contributed by atoms with Crippen molar-refractivity contribution < 1.29 is 14.3 Å². The Bertz CT molecular complexity index is 1320. The molecule has 0 aliphatic carbocycles. The highest BCUT2D eigenvalue weighted by molar-refractivity contribution is 5.94. The first kappa shape index (κ1) is 34.1. The molecule has 0 N–H and O–H groups in total. The van der Waals surface area contributed by atoms with Crippen LogP contribution in [0.2, 0.25) is 0 Å². The molecule has 0 fully saturated rings. The molecule has 0 saturated heterocycles. The quantitative estimate of drug-likeness (QED) is 0.258. The third kappa shape index (κ3) is 11.1. The minimum Gasteiger partial charge on any atom is -0.460 e. The van der Waals surface area contributed by atoms with Gasteiger partial charge in [-0.1, -0.05) is 57.5 Å². The van der Waals surface area contributed by atoms with E-state index in [2.05, 4.69) is 34.4 Å². The predicted octanol–water partition coefficient (Wildman–Crippen LogP) is 6.61. The van der Waals surface area contributed by atoms with Gasteiger partial charge in [0.05, 0.1) is 16.7 Å². The van der Waals surface area contributed by atoms with Gasteiger partial charge in [0.15, 0.2) is 0 Å². The number of benzene rings is 2. The van der Waals surface area contributed by atoms with E-state index in [0.29, 0.717) is 5.65 Å². The highest BCUT2D eigenvalue weighted by Crippen LogP contribution is 2.14. The molecule has 0 bridgehead atoms. The molecule has 0 aliphatic rings. The Kier molecular flexibility index (Phi) is 14.5. The fourth-order valence-electron chi connectivity index (χ4n) is 3.71. The molecule has 40 heavy (non-hydrogen) atoms. The van der Waals surface area contributed by atoms with Crippen molar-refractivity contribution in [3.05, 3.63) is 65.4 Å². The van der Waals surface area contributed by atoms with Gasteiger partial charge in [-0.25, -0.2) is 4.98 Å². The molecule has 218 valence electrons. The van der Waals surface area contributed by atoms with E-state index in [1.54, 1.807) is 4.52 Å². The number of rotatable bonds is 5. The van der Waals surface area contributed by atoms with E-state index in [9.17, 15) is 9.59 Å². The summed E-state index contributed by atoms with van der Waals surface area (Å²) in [7, 11) is 0. The van der Waals surface area contributed by atoms with Crippen LogP contribution in [0.5, 0.6) is 0 Å². The summed E-state index contributed by atoms with van der Waals surface area (Å²) in [6.45, 7) is 20.8. The van der Waals surface area contributed by atoms with Crippen LogP contribution in [-0.2, 0) is 9.53 Å². The van der Waals surface area contributed by atoms with Crippen molar-refractivity contribution in [3.63, 3.8) is 0 Å². The van der Waals surface area contributed by atoms with E-state index in [1.807, 2.05) is 102 Å². The van der Waals surface area contributed by atoms with Gasteiger partial charge in [0.1, 0.15) is 5.60 Å². The van der Waals surface area contributed by atoms with Gasteiger partial charge in [-0.3, -0.25) is 9.59 Å². The lowest BCUT2D eigenvalue weighted by Gasteiger charge is -2.21. The molecule has 0 saturated carbocycles. The Labute approximate surface area is 238 Å². The van der Waals surface area contributed by atoms with Gasteiger partial charge in [-0.05, 0) is 82.2 Å². The molecular formula is C31H46N6O3. The van der Waals surface area contributed by atoms with Crippen LogP contribution in [0.4, 0.5) is 0 Å². The fourth-order valence-corrected chi connectivity index (χ4v) is 3.71. The smallest absolute Gasteiger partial charge is 0.303 e. The lowest BCUT2D eigenvalue weighted by atomic mass is 10.1. The van der Waals surface area contributed by atoms with E-state index >= 15 is 0 Å².